The minimum atomic E-state index is 0.201. The Balaban J connectivity index is 1.15. The molecule has 35 heavy (non-hydrogen) atoms. The zero-order valence-corrected chi connectivity index (χ0v) is 19.9. The van der Waals surface area contributed by atoms with Crippen molar-refractivity contribution in [1.82, 2.24) is 19.9 Å². The van der Waals surface area contributed by atoms with E-state index >= 15 is 0 Å². The lowest BCUT2D eigenvalue weighted by atomic mass is 10.0. The van der Waals surface area contributed by atoms with Gasteiger partial charge in [-0.15, -0.1) is 0 Å². The summed E-state index contributed by atoms with van der Waals surface area (Å²) in [4.78, 5) is 30.3. The zero-order valence-electron chi connectivity index (χ0n) is 19.9. The molecule has 0 unspecified atom stereocenters. The fourth-order valence-corrected chi connectivity index (χ4v) is 4.79. The number of nitrogens with zero attached hydrogens (tertiary/aromatic N) is 5. The first-order valence-electron chi connectivity index (χ1n) is 12.2. The fourth-order valence-electron chi connectivity index (χ4n) is 4.79. The summed E-state index contributed by atoms with van der Waals surface area (Å²) in [6.45, 7) is 6.91. The highest BCUT2D eigenvalue weighted by molar-refractivity contribution is 5.79. The van der Waals surface area contributed by atoms with Crippen molar-refractivity contribution in [3.63, 3.8) is 0 Å². The van der Waals surface area contributed by atoms with E-state index in [1.165, 1.54) is 5.56 Å². The highest BCUT2D eigenvalue weighted by Gasteiger charge is 2.24. The first kappa shape index (κ1) is 21.6. The van der Waals surface area contributed by atoms with Crippen LogP contribution >= 0.6 is 0 Å². The monoisotopic (exact) mass is 471 g/mol. The van der Waals surface area contributed by atoms with Crippen LogP contribution in [0.25, 0.3) is 0 Å². The average molecular weight is 472 g/mol. The van der Waals surface area contributed by atoms with Crippen molar-refractivity contribution in [3.8, 4) is 5.88 Å². The lowest BCUT2D eigenvalue weighted by Gasteiger charge is -2.32. The number of nitrogens with one attached hydrogen (secondary N) is 2. The number of anilines is 4. The molecular weight excluding hydrogens is 442 g/mol. The zero-order chi connectivity index (χ0) is 23.8. The minimum absolute atomic E-state index is 0.201. The van der Waals surface area contributed by atoms with Gasteiger partial charge in [0.05, 0.1) is 30.5 Å². The van der Waals surface area contributed by atoms with Crippen LogP contribution in [0.5, 0.6) is 5.88 Å². The third-order valence-corrected chi connectivity index (χ3v) is 6.98. The van der Waals surface area contributed by atoms with Gasteiger partial charge in [-0.1, -0.05) is 12.1 Å². The Morgan fingerprint density at radius 2 is 2.00 bits per heavy atom. The second-order valence-electron chi connectivity index (χ2n) is 9.29. The number of fused-ring (bicyclic) bond motifs is 2. The van der Waals surface area contributed by atoms with Crippen LogP contribution in [0.15, 0.2) is 36.7 Å². The van der Waals surface area contributed by atoms with Gasteiger partial charge < -0.3 is 25.2 Å². The highest BCUT2D eigenvalue weighted by Crippen LogP contribution is 2.36. The van der Waals surface area contributed by atoms with Gasteiger partial charge in [-0.3, -0.25) is 4.79 Å². The summed E-state index contributed by atoms with van der Waals surface area (Å²) in [5.41, 5.74) is 7.35. The molecule has 0 saturated carbocycles. The maximum Gasteiger partial charge on any atom is 0.237 e. The van der Waals surface area contributed by atoms with Crippen LogP contribution in [-0.2, 0) is 24.2 Å². The van der Waals surface area contributed by atoms with Crippen LogP contribution in [0.2, 0.25) is 0 Å². The summed E-state index contributed by atoms with van der Waals surface area (Å²) >= 11 is 0. The molecule has 1 fully saturated rings. The standard InChI is InChI=1S/C26H29N7O2/c1-17-22(15-28-25-24(17)27-8-12-35-25)33-11-7-19-14-29-26(31-21(19)16-33)30-20-5-3-18(4-6-20)13-23(34)32-9-2-10-32/h3-6,14-15,27H,2,7-13,16H2,1H3,(H,29,30,31). The van der Waals surface area contributed by atoms with E-state index in [0.717, 1.165) is 72.9 Å². The molecule has 9 nitrogen and oxygen atoms in total. The normalized spacial score (nSPS) is 16.4. The van der Waals surface area contributed by atoms with Crippen molar-refractivity contribution >= 4 is 28.9 Å². The number of carbonyl (C=O) groups excluding carboxylic acids is 1. The van der Waals surface area contributed by atoms with Crippen LogP contribution < -0.4 is 20.3 Å². The second-order valence-corrected chi connectivity index (χ2v) is 9.29. The van der Waals surface area contributed by atoms with Crippen molar-refractivity contribution in [1.29, 1.82) is 0 Å². The molecule has 3 aliphatic heterocycles. The van der Waals surface area contributed by atoms with E-state index in [1.54, 1.807) is 0 Å². The molecule has 1 aromatic carbocycles. The van der Waals surface area contributed by atoms with Crippen molar-refractivity contribution in [2.45, 2.75) is 32.7 Å². The van der Waals surface area contributed by atoms with Crippen LogP contribution in [0.1, 0.15) is 28.8 Å². The number of likely N-dealkylation sites (tertiary alicyclic amines) is 1. The van der Waals surface area contributed by atoms with Gasteiger partial charge in [0, 0.05) is 43.6 Å². The maximum absolute atomic E-state index is 12.2. The van der Waals surface area contributed by atoms with Crippen LogP contribution in [-0.4, -0.2) is 58.5 Å². The van der Waals surface area contributed by atoms with Crippen LogP contribution in [0, 0.1) is 6.92 Å². The minimum Gasteiger partial charge on any atom is -0.474 e. The molecule has 6 rings (SSSR count). The van der Waals surface area contributed by atoms with Crippen molar-refractivity contribution in [2.75, 3.05) is 48.3 Å². The third kappa shape index (κ3) is 4.34. The Kier molecular flexibility index (Phi) is 5.60. The molecule has 3 aromatic rings. The van der Waals surface area contributed by atoms with Crippen molar-refractivity contribution < 1.29 is 9.53 Å². The number of aromatic nitrogens is 3. The largest absolute Gasteiger partial charge is 0.474 e. The number of benzene rings is 1. The number of hydrogen-bond donors (Lipinski definition) is 2. The fraction of sp³-hybridized carbons (Fsp3) is 0.385. The van der Waals surface area contributed by atoms with Gasteiger partial charge in [0.15, 0.2) is 0 Å². The number of carbonyl (C=O) groups is 1. The molecule has 9 heteroatoms. The van der Waals surface area contributed by atoms with Crippen molar-refractivity contribution in [3.05, 3.63) is 59.0 Å². The molecule has 0 radical (unpaired) electrons. The molecule has 2 N–H and O–H groups in total. The summed E-state index contributed by atoms with van der Waals surface area (Å²) in [6.07, 6.45) is 6.28. The predicted octanol–water partition coefficient (Wildman–Crippen LogP) is 3.07. The third-order valence-electron chi connectivity index (χ3n) is 6.98. The van der Waals surface area contributed by atoms with Gasteiger partial charge in [0.2, 0.25) is 17.7 Å². The lowest BCUT2D eigenvalue weighted by molar-refractivity contribution is -0.133. The molecule has 180 valence electrons. The molecule has 0 aliphatic carbocycles. The van der Waals surface area contributed by atoms with Gasteiger partial charge in [0.25, 0.3) is 0 Å². The summed E-state index contributed by atoms with van der Waals surface area (Å²) < 4.78 is 5.68. The predicted molar refractivity (Wildman–Crippen MR) is 134 cm³/mol. The smallest absolute Gasteiger partial charge is 0.237 e. The number of rotatable bonds is 5. The van der Waals surface area contributed by atoms with E-state index in [1.807, 2.05) is 41.6 Å². The van der Waals surface area contributed by atoms with Gasteiger partial charge in [-0.2, -0.15) is 0 Å². The quantitative estimate of drug-likeness (QED) is 0.586. The molecule has 0 spiro atoms. The summed E-state index contributed by atoms with van der Waals surface area (Å²) in [7, 11) is 0. The summed E-state index contributed by atoms with van der Waals surface area (Å²) in [5.74, 6) is 1.46. The second kappa shape index (κ2) is 9.05. The van der Waals surface area contributed by atoms with E-state index in [0.29, 0.717) is 31.4 Å². The number of amides is 1. The Morgan fingerprint density at radius 3 is 2.80 bits per heavy atom. The van der Waals surface area contributed by atoms with Gasteiger partial charge in [-0.25, -0.2) is 15.0 Å². The van der Waals surface area contributed by atoms with E-state index in [9.17, 15) is 4.79 Å². The Bertz CT molecular complexity index is 1260. The molecule has 0 atom stereocenters. The Morgan fingerprint density at radius 1 is 1.14 bits per heavy atom. The van der Waals surface area contributed by atoms with Gasteiger partial charge in [-0.05, 0) is 43.0 Å². The SMILES string of the molecule is Cc1c(N2CCc3cnc(Nc4ccc(CC(=O)N5CCC5)cc4)nc3C2)cnc2c1NCCO2. The average Bonchev–Trinajstić information content (AvgIpc) is 2.84. The topological polar surface area (TPSA) is 95.5 Å². The number of ether oxygens (including phenoxy) is 1. The Hall–Kier alpha value is -3.88. The Labute approximate surface area is 204 Å². The van der Waals surface area contributed by atoms with Crippen molar-refractivity contribution in [2.24, 2.45) is 0 Å². The molecular formula is C26H29N7O2. The first-order valence-corrected chi connectivity index (χ1v) is 12.2. The molecule has 2 aromatic heterocycles. The molecule has 0 bridgehead atoms. The number of hydrogen-bond acceptors (Lipinski definition) is 8. The van der Waals surface area contributed by atoms with E-state index < -0.39 is 0 Å². The summed E-state index contributed by atoms with van der Waals surface area (Å²) in [5, 5.41) is 6.73. The molecule has 3 aliphatic rings. The molecule has 1 amide bonds. The van der Waals surface area contributed by atoms with E-state index in [-0.39, 0.29) is 5.91 Å². The maximum atomic E-state index is 12.2. The van der Waals surface area contributed by atoms with E-state index in [4.69, 9.17) is 9.72 Å². The number of pyridine rings is 1. The van der Waals surface area contributed by atoms with E-state index in [2.05, 4.69) is 32.4 Å². The first-order chi connectivity index (χ1) is 17.1. The van der Waals surface area contributed by atoms with Gasteiger partial charge in [0.1, 0.15) is 12.3 Å². The van der Waals surface area contributed by atoms with Crippen LogP contribution in [0.3, 0.4) is 0 Å². The molecule has 5 heterocycles. The molecule has 1 saturated heterocycles. The highest BCUT2D eigenvalue weighted by atomic mass is 16.5. The lowest BCUT2D eigenvalue weighted by Crippen LogP contribution is -2.42. The summed E-state index contributed by atoms with van der Waals surface area (Å²) in [6, 6.07) is 7.93. The van der Waals surface area contributed by atoms with Gasteiger partial charge >= 0.3 is 0 Å². The van der Waals surface area contributed by atoms with Crippen LogP contribution in [0.4, 0.5) is 23.0 Å².